The molecule has 0 spiro atoms. The fraction of sp³-hybridized carbons (Fsp3) is 0.545. The van der Waals surface area contributed by atoms with Crippen LogP contribution < -0.4 is 10.6 Å². The van der Waals surface area contributed by atoms with Crippen molar-refractivity contribution in [2.24, 2.45) is 0 Å². The van der Waals surface area contributed by atoms with Crippen molar-refractivity contribution >= 4 is 17.8 Å². The van der Waals surface area contributed by atoms with E-state index < -0.39 is 18.1 Å². The standard InChI is InChI=1S/C11H16N2O4/c1-3-4-8(11(16)17-2)13-10(15)7-5-6-9(14)12-7/h3,7-8H,1,4-6H2,2H3,(H,12,14)(H,13,15)/t7-,8-/m1/s1. The highest BCUT2D eigenvalue weighted by atomic mass is 16.5. The maximum atomic E-state index is 11.7. The molecule has 0 aliphatic carbocycles. The molecule has 2 amide bonds. The fourth-order valence-corrected chi connectivity index (χ4v) is 1.61. The summed E-state index contributed by atoms with van der Waals surface area (Å²) < 4.78 is 4.56. The van der Waals surface area contributed by atoms with E-state index in [1.165, 1.54) is 13.2 Å². The Balaban J connectivity index is 2.54. The van der Waals surface area contributed by atoms with Gasteiger partial charge in [0, 0.05) is 6.42 Å². The minimum absolute atomic E-state index is 0.150. The van der Waals surface area contributed by atoms with Crippen LogP contribution in [-0.2, 0) is 19.1 Å². The lowest BCUT2D eigenvalue weighted by Crippen LogP contribution is -2.48. The molecule has 6 nitrogen and oxygen atoms in total. The van der Waals surface area contributed by atoms with Gasteiger partial charge >= 0.3 is 5.97 Å². The van der Waals surface area contributed by atoms with Crippen LogP contribution in [0.3, 0.4) is 0 Å². The van der Waals surface area contributed by atoms with Crippen molar-refractivity contribution < 1.29 is 19.1 Å². The molecule has 17 heavy (non-hydrogen) atoms. The van der Waals surface area contributed by atoms with Gasteiger partial charge in [-0.3, -0.25) is 9.59 Å². The van der Waals surface area contributed by atoms with Crippen molar-refractivity contribution in [1.29, 1.82) is 0 Å². The van der Waals surface area contributed by atoms with E-state index in [2.05, 4.69) is 21.9 Å². The number of amides is 2. The highest BCUT2D eigenvalue weighted by molar-refractivity contribution is 5.93. The molecule has 0 saturated carbocycles. The predicted molar refractivity (Wildman–Crippen MR) is 59.9 cm³/mol. The quantitative estimate of drug-likeness (QED) is 0.501. The van der Waals surface area contributed by atoms with Crippen molar-refractivity contribution in [1.82, 2.24) is 10.6 Å². The van der Waals surface area contributed by atoms with E-state index in [0.717, 1.165) is 0 Å². The first-order valence-electron chi connectivity index (χ1n) is 5.37. The van der Waals surface area contributed by atoms with Gasteiger partial charge in [-0.1, -0.05) is 6.08 Å². The summed E-state index contributed by atoms with van der Waals surface area (Å²) >= 11 is 0. The Bertz CT molecular complexity index is 340. The second-order valence-corrected chi connectivity index (χ2v) is 3.77. The topological polar surface area (TPSA) is 84.5 Å². The third-order valence-electron chi connectivity index (χ3n) is 2.52. The van der Waals surface area contributed by atoms with Gasteiger partial charge in [0.1, 0.15) is 12.1 Å². The van der Waals surface area contributed by atoms with Crippen LogP contribution in [-0.4, -0.2) is 37.0 Å². The maximum Gasteiger partial charge on any atom is 0.328 e. The van der Waals surface area contributed by atoms with Crippen molar-refractivity contribution in [3.8, 4) is 0 Å². The number of nitrogens with one attached hydrogen (secondary N) is 2. The van der Waals surface area contributed by atoms with Crippen LogP contribution in [0, 0.1) is 0 Å². The number of esters is 1. The number of methoxy groups -OCH3 is 1. The van der Waals surface area contributed by atoms with Crippen LogP contribution in [0.1, 0.15) is 19.3 Å². The van der Waals surface area contributed by atoms with E-state index >= 15 is 0 Å². The summed E-state index contributed by atoms with van der Waals surface area (Å²) in [5.74, 6) is -1.04. The summed E-state index contributed by atoms with van der Waals surface area (Å²) in [6.45, 7) is 3.51. The van der Waals surface area contributed by atoms with E-state index in [4.69, 9.17) is 0 Å². The number of ether oxygens (including phenoxy) is 1. The van der Waals surface area contributed by atoms with Gasteiger partial charge in [-0.05, 0) is 12.8 Å². The van der Waals surface area contributed by atoms with Gasteiger partial charge in [0.2, 0.25) is 11.8 Å². The van der Waals surface area contributed by atoms with Gasteiger partial charge in [0.05, 0.1) is 7.11 Å². The Morgan fingerprint density at radius 1 is 1.71 bits per heavy atom. The van der Waals surface area contributed by atoms with Crippen LogP contribution in [0.4, 0.5) is 0 Å². The second kappa shape index (κ2) is 6.03. The van der Waals surface area contributed by atoms with E-state index in [1.807, 2.05) is 0 Å². The third kappa shape index (κ3) is 3.58. The summed E-state index contributed by atoms with van der Waals surface area (Å²) in [5, 5.41) is 5.06. The van der Waals surface area contributed by atoms with E-state index in [9.17, 15) is 14.4 Å². The SMILES string of the molecule is C=CC[C@@H](NC(=O)[C@H]1CCC(=O)N1)C(=O)OC. The van der Waals surface area contributed by atoms with Gasteiger partial charge in [-0.25, -0.2) is 4.79 Å². The minimum Gasteiger partial charge on any atom is -0.467 e. The van der Waals surface area contributed by atoms with Gasteiger partial charge in [0.25, 0.3) is 0 Å². The van der Waals surface area contributed by atoms with Crippen molar-refractivity contribution in [3.63, 3.8) is 0 Å². The average molecular weight is 240 g/mol. The number of hydrogen-bond acceptors (Lipinski definition) is 4. The van der Waals surface area contributed by atoms with Crippen LogP contribution in [0.2, 0.25) is 0 Å². The molecule has 94 valence electrons. The van der Waals surface area contributed by atoms with Gasteiger partial charge in [-0.15, -0.1) is 6.58 Å². The summed E-state index contributed by atoms with van der Waals surface area (Å²) in [7, 11) is 1.25. The van der Waals surface area contributed by atoms with E-state index in [-0.39, 0.29) is 11.8 Å². The Morgan fingerprint density at radius 2 is 2.41 bits per heavy atom. The van der Waals surface area contributed by atoms with Gasteiger partial charge in [0.15, 0.2) is 0 Å². The summed E-state index contributed by atoms with van der Waals surface area (Å²) in [6.07, 6.45) is 2.60. The smallest absolute Gasteiger partial charge is 0.328 e. The highest BCUT2D eigenvalue weighted by Gasteiger charge is 2.30. The van der Waals surface area contributed by atoms with E-state index in [1.54, 1.807) is 0 Å². The van der Waals surface area contributed by atoms with Crippen LogP contribution >= 0.6 is 0 Å². The molecule has 1 rings (SSSR count). The Kier molecular flexibility index (Phi) is 4.68. The summed E-state index contributed by atoms with van der Waals surface area (Å²) in [6, 6.07) is -1.30. The van der Waals surface area contributed by atoms with Gasteiger partial charge in [-0.2, -0.15) is 0 Å². The molecule has 2 atom stereocenters. The molecule has 1 heterocycles. The highest BCUT2D eigenvalue weighted by Crippen LogP contribution is 2.07. The van der Waals surface area contributed by atoms with Gasteiger partial charge < -0.3 is 15.4 Å². The molecule has 2 N–H and O–H groups in total. The first-order valence-corrected chi connectivity index (χ1v) is 5.37. The average Bonchev–Trinajstić information content (AvgIpc) is 2.74. The number of hydrogen-bond donors (Lipinski definition) is 2. The second-order valence-electron chi connectivity index (χ2n) is 3.77. The Morgan fingerprint density at radius 3 is 2.88 bits per heavy atom. The Labute approximate surface area is 99.4 Å². The lowest BCUT2D eigenvalue weighted by Gasteiger charge is -2.17. The van der Waals surface area contributed by atoms with Crippen LogP contribution in [0.15, 0.2) is 12.7 Å². The zero-order valence-electron chi connectivity index (χ0n) is 9.69. The zero-order chi connectivity index (χ0) is 12.8. The van der Waals surface area contributed by atoms with E-state index in [0.29, 0.717) is 19.3 Å². The number of carbonyl (C=O) groups is 3. The lowest BCUT2D eigenvalue weighted by molar-refractivity contribution is -0.145. The van der Waals surface area contributed by atoms with Crippen molar-refractivity contribution in [3.05, 3.63) is 12.7 Å². The summed E-state index contributed by atoms with van der Waals surface area (Å²) in [4.78, 5) is 34.0. The number of rotatable bonds is 5. The van der Waals surface area contributed by atoms with Crippen molar-refractivity contribution in [2.75, 3.05) is 7.11 Å². The third-order valence-corrected chi connectivity index (χ3v) is 2.52. The molecule has 1 saturated heterocycles. The fourth-order valence-electron chi connectivity index (χ4n) is 1.61. The lowest BCUT2D eigenvalue weighted by atomic mass is 10.1. The molecule has 0 radical (unpaired) electrons. The minimum atomic E-state index is -0.748. The molecular weight excluding hydrogens is 224 g/mol. The van der Waals surface area contributed by atoms with Crippen LogP contribution in [0.5, 0.6) is 0 Å². The first-order chi connectivity index (χ1) is 8.08. The number of carbonyl (C=O) groups excluding carboxylic acids is 3. The zero-order valence-corrected chi connectivity index (χ0v) is 9.69. The molecule has 0 aromatic heterocycles. The maximum absolute atomic E-state index is 11.7. The Hall–Kier alpha value is -1.85. The largest absolute Gasteiger partial charge is 0.467 e. The first kappa shape index (κ1) is 13.2. The molecule has 0 aromatic carbocycles. The molecule has 0 bridgehead atoms. The van der Waals surface area contributed by atoms with Crippen LogP contribution in [0.25, 0.3) is 0 Å². The molecular formula is C11H16N2O4. The molecule has 1 aliphatic heterocycles. The monoisotopic (exact) mass is 240 g/mol. The molecule has 6 heteroatoms. The normalized spacial score (nSPS) is 20.3. The van der Waals surface area contributed by atoms with Crippen molar-refractivity contribution in [2.45, 2.75) is 31.3 Å². The summed E-state index contributed by atoms with van der Waals surface area (Å²) in [5.41, 5.74) is 0. The molecule has 0 unspecified atom stereocenters. The molecule has 1 fully saturated rings. The molecule has 1 aliphatic rings. The molecule has 0 aromatic rings. The predicted octanol–water partition coefficient (Wildman–Crippen LogP) is -0.501.